The Morgan fingerprint density at radius 3 is 2.54 bits per heavy atom. The number of sulfonamides is 1. The molecule has 26 heavy (non-hydrogen) atoms. The molecule has 2 aromatic rings. The normalized spacial score (nSPS) is 11.5. The molecule has 0 fully saturated rings. The van der Waals surface area contributed by atoms with E-state index in [1.165, 1.54) is 13.3 Å². The number of carbonyl (C=O) groups is 1. The van der Waals surface area contributed by atoms with E-state index in [1.807, 2.05) is 0 Å². The van der Waals surface area contributed by atoms with Gasteiger partial charge in [0.05, 0.1) is 29.7 Å². The van der Waals surface area contributed by atoms with Crippen molar-refractivity contribution in [1.29, 1.82) is 0 Å². The number of furan rings is 1. The van der Waals surface area contributed by atoms with Crippen molar-refractivity contribution >= 4 is 43.8 Å². The molecule has 0 unspecified atom stereocenters. The van der Waals surface area contributed by atoms with E-state index < -0.39 is 22.5 Å². The minimum absolute atomic E-state index is 0.345. The number of methoxy groups -OCH3 is 1. The number of nitrogens with zero attached hydrogens (tertiary/aromatic N) is 2. The maximum atomic E-state index is 12.1. The van der Waals surface area contributed by atoms with Crippen LogP contribution in [0.5, 0.6) is 5.75 Å². The predicted octanol–water partition coefficient (Wildman–Crippen LogP) is 2.28. The fraction of sp³-hybridized carbons (Fsp3) is 0.250. The monoisotopic (exact) mass is 443 g/mol. The summed E-state index contributed by atoms with van der Waals surface area (Å²) >= 11 is 3.30. The topological polar surface area (TPSA) is 101 Å². The Labute approximate surface area is 160 Å². The summed E-state index contributed by atoms with van der Waals surface area (Å²) in [6.07, 6.45) is 2.35. The SMILES string of the molecule is COc1ccc(N(CC(=O)N/N=C\c2cc(Br)c(C)o2)S(C)(=O)=O)cc1. The summed E-state index contributed by atoms with van der Waals surface area (Å²) in [5.74, 6) is 1.12. The first-order chi connectivity index (χ1) is 12.2. The number of nitrogens with one attached hydrogen (secondary N) is 1. The smallest absolute Gasteiger partial charge is 0.260 e. The first-order valence-electron chi connectivity index (χ1n) is 7.40. The van der Waals surface area contributed by atoms with Gasteiger partial charge in [-0.2, -0.15) is 5.10 Å². The van der Waals surface area contributed by atoms with Crippen molar-refractivity contribution < 1.29 is 22.4 Å². The highest BCUT2D eigenvalue weighted by atomic mass is 79.9. The van der Waals surface area contributed by atoms with Crippen molar-refractivity contribution in [1.82, 2.24) is 5.43 Å². The van der Waals surface area contributed by atoms with Crippen molar-refractivity contribution in [2.45, 2.75) is 6.92 Å². The summed E-state index contributed by atoms with van der Waals surface area (Å²) in [4.78, 5) is 12.1. The Morgan fingerprint density at radius 1 is 1.38 bits per heavy atom. The fourth-order valence-electron chi connectivity index (χ4n) is 2.03. The predicted molar refractivity (Wildman–Crippen MR) is 102 cm³/mol. The van der Waals surface area contributed by atoms with Gasteiger partial charge in [0.25, 0.3) is 5.91 Å². The van der Waals surface area contributed by atoms with Crippen molar-refractivity contribution in [3.05, 3.63) is 46.3 Å². The van der Waals surface area contributed by atoms with E-state index in [0.717, 1.165) is 15.0 Å². The highest BCUT2D eigenvalue weighted by Crippen LogP contribution is 2.21. The number of hydrogen-bond acceptors (Lipinski definition) is 6. The zero-order chi connectivity index (χ0) is 19.3. The van der Waals surface area contributed by atoms with Gasteiger partial charge in [-0.3, -0.25) is 9.10 Å². The van der Waals surface area contributed by atoms with Crippen LogP contribution in [0.25, 0.3) is 0 Å². The van der Waals surface area contributed by atoms with E-state index >= 15 is 0 Å². The number of ether oxygens (including phenoxy) is 1. The Hall–Kier alpha value is -2.33. The summed E-state index contributed by atoms with van der Waals surface area (Å²) < 4.78 is 36.2. The molecule has 0 radical (unpaired) electrons. The molecule has 8 nitrogen and oxygen atoms in total. The molecule has 10 heteroatoms. The molecule has 0 spiro atoms. The average molecular weight is 444 g/mol. The quantitative estimate of drug-likeness (QED) is 0.522. The number of hydrogen-bond donors (Lipinski definition) is 1. The largest absolute Gasteiger partial charge is 0.497 e. The molecule has 0 saturated heterocycles. The minimum atomic E-state index is -3.66. The number of hydrazone groups is 1. The van der Waals surface area contributed by atoms with Crippen molar-refractivity contribution in [3.8, 4) is 5.75 Å². The van der Waals surface area contributed by atoms with E-state index in [2.05, 4.69) is 26.5 Å². The van der Waals surface area contributed by atoms with Crippen LogP contribution in [0.1, 0.15) is 11.5 Å². The van der Waals surface area contributed by atoms with Crippen LogP contribution in [-0.4, -0.2) is 40.4 Å². The van der Waals surface area contributed by atoms with Crippen LogP contribution in [-0.2, 0) is 14.8 Å². The number of rotatable bonds is 7. The van der Waals surface area contributed by atoms with Crippen molar-refractivity contribution in [3.63, 3.8) is 0 Å². The number of aryl methyl sites for hydroxylation is 1. The molecule has 0 aliphatic heterocycles. The molecule has 1 aromatic carbocycles. The molecule has 1 aromatic heterocycles. The lowest BCUT2D eigenvalue weighted by Crippen LogP contribution is -2.38. The number of benzene rings is 1. The van der Waals surface area contributed by atoms with Gasteiger partial charge in [-0.15, -0.1) is 0 Å². The summed E-state index contributed by atoms with van der Waals surface area (Å²) in [5, 5.41) is 3.77. The van der Waals surface area contributed by atoms with Gasteiger partial charge in [-0.05, 0) is 47.1 Å². The van der Waals surface area contributed by atoms with E-state index in [-0.39, 0.29) is 0 Å². The maximum absolute atomic E-state index is 12.1. The van der Waals surface area contributed by atoms with Crippen molar-refractivity contribution in [2.75, 3.05) is 24.2 Å². The standard InChI is InChI=1S/C16H18BrN3O5S/c1-11-15(17)8-14(25-11)9-18-19-16(21)10-20(26(3,22)23)12-4-6-13(24-2)7-5-12/h4-9H,10H2,1-3H3,(H,19,21)/b18-9-. The van der Waals surface area contributed by atoms with Gasteiger partial charge >= 0.3 is 0 Å². The summed E-state index contributed by atoms with van der Waals surface area (Å²) in [7, 11) is -2.15. The molecule has 2 rings (SSSR count). The lowest BCUT2D eigenvalue weighted by atomic mass is 10.3. The number of anilines is 1. The highest BCUT2D eigenvalue weighted by molar-refractivity contribution is 9.10. The van der Waals surface area contributed by atoms with Crippen LogP contribution in [0.3, 0.4) is 0 Å². The number of amides is 1. The second-order valence-electron chi connectivity index (χ2n) is 5.31. The Balaban J connectivity index is 2.06. The van der Waals surface area contributed by atoms with Gasteiger partial charge in [-0.1, -0.05) is 0 Å². The van der Waals surface area contributed by atoms with E-state index in [9.17, 15) is 13.2 Å². The Bertz CT molecular complexity index is 887. The van der Waals surface area contributed by atoms with Crippen LogP contribution < -0.4 is 14.5 Å². The van der Waals surface area contributed by atoms with Gasteiger partial charge in [0.15, 0.2) is 0 Å². The maximum Gasteiger partial charge on any atom is 0.260 e. The Kier molecular flexibility index (Phi) is 6.43. The molecule has 1 N–H and O–H groups in total. The second-order valence-corrected chi connectivity index (χ2v) is 8.07. The average Bonchev–Trinajstić information content (AvgIpc) is 2.90. The summed E-state index contributed by atoms with van der Waals surface area (Å²) in [6.45, 7) is 1.36. The molecule has 0 bridgehead atoms. The van der Waals surface area contributed by atoms with Crippen LogP contribution >= 0.6 is 15.9 Å². The highest BCUT2D eigenvalue weighted by Gasteiger charge is 2.20. The van der Waals surface area contributed by atoms with E-state index in [0.29, 0.717) is 23.0 Å². The molecular weight excluding hydrogens is 426 g/mol. The van der Waals surface area contributed by atoms with E-state index in [1.54, 1.807) is 37.3 Å². The van der Waals surface area contributed by atoms with Crippen LogP contribution in [0.4, 0.5) is 5.69 Å². The van der Waals surface area contributed by atoms with Crippen molar-refractivity contribution in [2.24, 2.45) is 5.10 Å². The van der Waals surface area contributed by atoms with E-state index in [4.69, 9.17) is 9.15 Å². The second kappa shape index (κ2) is 8.37. The third-order valence-corrected chi connectivity index (χ3v) is 5.23. The van der Waals surface area contributed by atoms with Crippen LogP contribution in [0.15, 0.2) is 44.3 Å². The fourth-order valence-corrected chi connectivity index (χ4v) is 3.19. The lowest BCUT2D eigenvalue weighted by Gasteiger charge is -2.21. The summed E-state index contributed by atoms with van der Waals surface area (Å²) in [6, 6.07) is 8.03. The minimum Gasteiger partial charge on any atom is -0.497 e. The lowest BCUT2D eigenvalue weighted by molar-refractivity contribution is -0.119. The zero-order valence-electron chi connectivity index (χ0n) is 14.4. The van der Waals surface area contributed by atoms with Gasteiger partial charge in [0.1, 0.15) is 23.8 Å². The van der Waals surface area contributed by atoms with Gasteiger partial charge in [0.2, 0.25) is 10.0 Å². The molecule has 1 amide bonds. The first kappa shape index (κ1) is 20.0. The molecule has 0 aliphatic rings. The first-order valence-corrected chi connectivity index (χ1v) is 10.0. The van der Waals surface area contributed by atoms with Crippen LogP contribution in [0, 0.1) is 6.92 Å². The molecular formula is C16H18BrN3O5S. The number of halogens is 1. The molecule has 0 atom stereocenters. The number of carbonyl (C=O) groups excluding carboxylic acids is 1. The molecule has 0 aliphatic carbocycles. The molecule has 140 valence electrons. The summed E-state index contributed by atoms with van der Waals surface area (Å²) in [5.41, 5.74) is 2.62. The van der Waals surface area contributed by atoms with Gasteiger partial charge in [0, 0.05) is 6.07 Å². The molecule has 0 saturated carbocycles. The van der Waals surface area contributed by atoms with Gasteiger partial charge < -0.3 is 9.15 Å². The van der Waals surface area contributed by atoms with Gasteiger partial charge in [-0.25, -0.2) is 13.8 Å². The zero-order valence-corrected chi connectivity index (χ0v) is 16.8. The Morgan fingerprint density at radius 2 is 2.04 bits per heavy atom. The third-order valence-electron chi connectivity index (χ3n) is 3.31. The molecule has 1 heterocycles. The van der Waals surface area contributed by atoms with Crippen LogP contribution in [0.2, 0.25) is 0 Å². The third kappa shape index (κ3) is 5.33.